The summed E-state index contributed by atoms with van der Waals surface area (Å²) in [5.41, 5.74) is 2.52. The van der Waals surface area contributed by atoms with Crippen LogP contribution >= 0.6 is 11.3 Å². The molecule has 16 heavy (non-hydrogen) atoms. The number of halogens is 1. The van der Waals surface area contributed by atoms with Crippen LogP contribution in [0.1, 0.15) is 17.5 Å². The van der Waals surface area contributed by atoms with Crippen molar-refractivity contribution in [2.45, 2.75) is 27.3 Å². The number of benzene rings is 1. The predicted molar refractivity (Wildman–Crippen MR) is 63.7 cm³/mol. The molecule has 0 spiro atoms. The van der Waals surface area contributed by atoms with E-state index in [1.54, 1.807) is 7.11 Å². The summed E-state index contributed by atoms with van der Waals surface area (Å²) < 4.78 is 8.98. The Bertz CT molecular complexity index is 507. The number of aryl methyl sites for hydroxylation is 3. The summed E-state index contributed by atoms with van der Waals surface area (Å²) in [4.78, 5) is 0. The molecule has 1 aromatic heterocycles. The van der Waals surface area contributed by atoms with Crippen LogP contribution in [0.4, 0.5) is 0 Å². The normalized spacial score (nSPS) is 10.2. The lowest BCUT2D eigenvalue weighted by molar-refractivity contribution is -0.669. The van der Waals surface area contributed by atoms with E-state index < -0.39 is 0 Å². The molecule has 0 N–H and O–H groups in total. The number of hydrogen-bond donors (Lipinski definition) is 0. The van der Waals surface area contributed by atoms with Gasteiger partial charge in [0.15, 0.2) is 0 Å². The van der Waals surface area contributed by atoms with Crippen molar-refractivity contribution in [1.29, 1.82) is 0 Å². The smallest absolute Gasteiger partial charge is 0.235 e. The molecule has 0 saturated heterocycles. The molecular weight excluding hydrogens is 333 g/mol. The second-order valence-corrected chi connectivity index (χ2v) is 4.89. The van der Waals surface area contributed by atoms with Crippen LogP contribution in [0, 0.1) is 13.8 Å². The third kappa shape index (κ3) is 2.18. The van der Waals surface area contributed by atoms with Gasteiger partial charge in [-0.15, -0.1) is 0 Å². The highest BCUT2D eigenvalue weighted by Crippen LogP contribution is 2.28. The molecule has 2 aromatic rings. The van der Waals surface area contributed by atoms with Gasteiger partial charge in [0, 0.05) is 19.1 Å². The third-order valence-corrected chi connectivity index (χ3v) is 3.78. The molecule has 1 aromatic carbocycles. The van der Waals surface area contributed by atoms with Crippen LogP contribution in [0.3, 0.4) is 0 Å². The van der Waals surface area contributed by atoms with Gasteiger partial charge in [0.05, 0.1) is 7.11 Å². The molecule has 0 unspecified atom stereocenters. The average molecular weight is 349 g/mol. The van der Waals surface area contributed by atoms with Crippen molar-refractivity contribution in [3.05, 3.63) is 22.7 Å². The Labute approximate surface area is 117 Å². The van der Waals surface area contributed by atoms with Gasteiger partial charge in [-0.3, -0.25) is 0 Å². The van der Waals surface area contributed by atoms with Crippen molar-refractivity contribution in [3.8, 4) is 5.75 Å². The van der Waals surface area contributed by atoms with Crippen LogP contribution in [0.2, 0.25) is 0 Å². The highest BCUT2D eigenvalue weighted by Gasteiger charge is 2.17. The summed E-state index contributed by atoms with van der Waals surface area (Å²) in [6.45, 7) is 7.46. The average Bonchev–Trinajstić information content (AvgIpc) is 2.51. The number of hydrogen-bond acceptors (Lipinski definition) is 2. The van der Waals surface area contributed by atoms with Gasteiger partial charge in [0.25, 0.3) is 0 Å². The van der Waals surface area contributed by atoms with E-state index in [2.05, 4.69) is 37.5 Å². The van der Waals surface area contributed by atoms with Crippen LogP contribution in [0.5, 0.6) is 5.75 Å². The van der Waals surface area contributed by atoms with Crippen LogP contribution in [-0.2, 0) is 6.54 Å². The standard InChI is InChI=1S/C12H16NOS.HI/c1-5-13-9(3)15-12-7-11(14-4)8(2)6-10(12)13;/h6-7H,5H2,1-4H3;1H/q+1;/p-1. The van der Waals surface area contributed by atoms with E-state index in [0.29, 0.717) is 0 Å². The lowest BCUT2D eigenvalue weighted by Crippen LogP contribution is -3.00. The summed E-state index contributed by atoms with van der Waals surface area (Å²) in [7, 11) is 1.72. The first-order chi connectivity index (χ1) is 7.17. The number of nitrogens with zero attached hydrogens (tertiary/aromatic N) is 1. The van der Waals surface area contributed by atoms with Crippen molar-refractivity contribution in [3.63, 3.8) is 0 Å². The van der Waals surface area contributed by atoms with Crippen LogP contribution in [0.25, 0.3) is 10.2 Å². The lowest BCUT2D eigenvalue weighted by Gasteiger charge is -2.02. The lowest BCUT2D eigenvalue weighted by atomic mass is 10.2. The molecule has 0 aliphatic heterocycles. The Hall–Kier alpha value is -0.360. The zero-order chi connectivity index (χ0) is 11.0. The first-order valence-corrected chi connectivity index (χ1v) is 5.96. The SMILES string of the molecule is CC[n+]1c(C)sc2cc(OC)c(C)cc21.[I-]. The van der Waals surface area contributed by atoms with E-state index in [1.165, 1.54) is 20.8 Å². The number of fused-ring (bicyclic) bond motifs is 1. The molecule has 0 fully saturated rings. The maximum atomic E-state index is 5.33. The molecule has 2 nitrogen and oxygen atoms in total. The quantitative estimate of drug-likeness (QED) is 0.543. The van der Waals surface area contributed by atoms with Gasteiger partial charge < -0.3 is 28.7 Å². The molecular formula is C12H16INOS. The van der Waals surface area contributed by atoms with Crippen LogP contribution < -0.4 is 33.3 Å². The molecule has 0 aliphatic rings. The third-order valence-electron chi connectivity index (χ3n) is 2.72. The Morgan fingerprint density at radius 2 is 2.00 bits per heavy atom. The van der Waals surface area contributed by atoms with E-state index in [-0.39, 0.29) is 24.0 Å². The maximum absolute atomic E-state index is 5.33. The number of methoxy groups -OCH3 is 1. The van der Waals surface area contributed by atoms with Crippen LogP contribution in [-0.4, -0.2) is 7.11 Å². The summed E-state index contributed by atoms with van der Waals surface area (Å²) in [5.74, 6) is 0.979. The fourth-order valence-corrected chi connectivity index (χ4v) is 3.04. The van der Waals surface area contributed by atoms with Gasteiger partial charge in [0.1, 0.15) is 17.0 Å². The van der Waals surface area contributed by atoms with E-state index in [1.807, 2.05) is 11.3 Å². The molecule has 4 heteroatoms. The van der Waals surface area contributed by atoms with Gasteiger partial charge in [-0.1, -0.05) is 11.3 Å². The van der Waals surface area contributed by atoms with Gasteiger partial charge >= 0.3 is 0 Å². The number of rotatable bonds is 2. The molecule has 0 radical (unpaired) electrons. The Morgan fingerprint density at radius 3 is 2.56 bits per heavy atom. The molecule has 88 valence electrons. The Kier molecular flexibility index (Phi) is 4.55. The molecule has 0 atom stereocenters. The van der Waals surface area contributed by atoms with E-state index >= 15 is 0 Å². The molecule has 1 heterocycles. The van der Waals surface area contributed by atoms with Gasteiger partial charge in [-0.25, -0.2) is 0 Å². The Morgan fingerprint density at radius 1 is 1.31 bits per heavy atom. The van der Waals surface area contributed by atoms with Crippen molar-refractivity contribution >= 4 is 21.6 Å². The van der Waals surface area contributed by atoms with Gasteiger partial charge in [-0.05, 0) is 19.4 Å². The second-order valence-electron chi connectivity index (χ2n) is 3.65. The van der Waals surface area contributed by atoms with Crippen molar-refractivity contribution in [1.82, 2.24) is 0 Å². The summed E-state index contributed by atoms with van der Waals surface area (Å²) in [6, 6.07) is 4.34. The zero-order valence-corrected chi connectivity index (χ0v) is 13.0. The largest absolute Gasteiger partial charge is 1.00 e. The van der Waals surface area contributed by atoms with E-state index in [4.69, 9.17) is 4.74 Å². The maximum Gasteiger partial charge on any atom is 0.235 e. The fraction of sp³-hybridized carbons (Fsp3) is 0.417. The molecule has 2 rings (SSSR count). The summed E-state index contributed by atoms with van der Waals surface area (Å²) >= 11 is 1.82. The van der Waals surface area contributed by atoms with Gasteiger partial charge in [0.2, 0.25) is 10.5 Å². The predicted octanol–water partition coefficient (Wildman–Crippen LogP) is -0.162. The minimum atomic E-state index is 0. The highest BCUT2D eigenvalue weighted by molar-refractivity contribution is 7.18. The van der Waals surface area contributed by atoms with Crippen molar-refractivity contribution in [2.75, 3.05) is 7.11 Å². The zero-order valence-electron chi connectivity index (χ0n) is 10.0. The minimum absolute atomic E-state index is 0. The van der Waals surface area contributed by atoms with Crippen LogP contribution in [0.15, 0.2) is 12.1 Å². The van der Waals surface area contributed by atoms with Gasteiger partial charge in [-0.2, -0.15) is 4.57 Å². The number of aromatic nitrogens is 1. The topological polar surface area (TPSA) is 13.1 Å². The molecule has 0 aliphatic carbocycles. The Balaban J connectivity index is 0.00000128. The number of ether oxygens (including phenoxy) is 1. The first-order valence-electron chi connectivity index (χ1n) is 5.15. The molecule has 0 saturated carbocycles. The van der Waals surface area contributed by atoms with Crippen molar-refractivity contribution in [2.24, 2.45) is 0 Å². The van der Waals surface area contributed by atoms with E-state index in [0.717, 1.165) is 12.3 Å². The summed E-state index contributed by atoms with van der Waals surface area (Å²) in [6.07, 6.45) is 0. The molecule has 0 bridgehead atoms. The number of thiazole rings is 1. The fourth-order valence-electron chi connectivity index (χ4n) is 1.94. The van der Waals surface area contributed by atoms with E-state index in [9.17, 15) is 0 Å². The molecule has 0 amide bonds. The van der Waals surface area contributed by atoms with Crippen molar-refractivity contribution < 1.29 is 33.3 Å². The summed E-state index contributed by atoms with van der Waals surface area (Å²) in [5, 5.41) is 1.35. The monoisotopic (exact) mass is 349 g/mol. The first kappa shape index (κ1) is 13.7. The highest BCUT2D eigenvalue weighted by atomic mass is 127. The second kappa shape index (κ2) is 5.31. The minimum Gasteiger partial charge on any atom is -1.00 e.